The molecule has 1 atom stereocenters. The third-order valence-corrected chi connectivity index (χ3v) is 2.79. The molecule has 1 aromatic carbocycles. The largest absolute Gasteiger partial charge is 0.387 e. The molecule has 0 fully saturated rings. The Morgan fingerprint density at radius 3 is 2.63 bits per heavy atom. The Kier molecular flexibility index (Phi) is 5.11. The number of nitrogens with zero attached hydrogens (tertiary/aromatic N) is 2. The third-order valence-electron chi connectivity index (χ3n) is 2.48. The monoisotopic (exact) mass is 287 g/mol. The Hall–Kier alpha value is -1.37. The zero-order valence-corrected chi connectivity index (χ0v) is 11.9. The van der Waals surface area contributed by atoms with Crippen molar-refractivity contribution in [2.24, 2.45) is 0 Å². The van der Waals surface area contributed by atoms with E-state index in [2.05, 4.69) is 5.32 Å². The van der Waals surface area contributed by atoms with E-state index in [1.165, 1.54) is 18.2 Å². The lowest BCUT2D eigenvalue weighted by Gasteiger charge is -2.27. The van der Waals surface area contributed by atoms with Crippen LogP contribution in [0.2, 0.25) is 5.02 Å². The summed E-state index contributed by atoms with van der Waals surface area (Å²) in [4.78, 5) is 12.0. The van der Waals surface area contributed by atoms with Crippen LogP contribution in [0, 0.1) is 10.1 Å². The molecule has 0 aromatic heterocycles. The second kappa shape index (κ2) is 6.18. The molecule has 1 aromatic rings. The Morgan fingerprint density at radius 2 is 2.16 bits per heavy atom. The summed E-state index contributed by atoms with van der Waals surface area (Å²) in [5.74, 6) is 0. The number of nitro groups is 1. The molecule has 1 rings (SSSR count). The van der Waals surface area contributed by atoms with Crippen LogP contribution in [0.3, 0.4) is 0 Å². The number of non-ortho nitro benzene ring substituents is 1. The maximum Gasteiger partial charge on any atom is 0.271 e. The normalized spacial score (nSPS) is 14.2. The highest BCUT2D eigenvalue weighted by Crippen LogP contribution is 2.27. The van der Waals surface area contributed by atoms with E-state index in [4.69, 9.17) is 11.6 Å². The summed E-state index contributed by atoms with van der Waals surface area (Å²) in [6, 6.07) is 4.19. The highest BCUT2D eigenvalue weighted by Gasteiger charge is 2.21. The molecule has 0 spiro atoms. The van der Waals surface area contributed by atoms with Gasteiger partial charge in [-0.15, -0.1) is 0 Å². The molecular formula is C12H18ClN3O3. The van der Waals surface area contributed by atoms with Gasteiger partial charge in [-0.05, 0) is 27.1 Å². The number of hydrogen-bond donors (Lipinski definition) is 2. The van der Waals surface area contributed by atoms with Crippen molar-refractivity contribution >= 4 is 23.0 Å². The molecular weight excluding hydrogens is 270 g/mol. The lowest BCUT2D eigenvalue weighted by Crippen LogP contribution is -2.43. The Bertz CT molecular complexity index is 464. The maximum absolute atomic E-state index is 10.6. The topological polar surface area (TPSA) is 78.6 Å². The minimum Gasteiger partial charge on any atom is -0.387 e. The van der Waals surface area contributed by atoms with E-state index in [0.29, 0.717) is 18.8 Å². The Balaban J connectivity index is 2.71. The van der Waals surface area contributed by atoms with Crippen LogP contribution in [0.5, 0.6) is 0 Å². The van der Waals surface area contributed by atoms with Crippen molar-refractivity contribution in [3.8, 4) is 0 Å². The summed E-state index contributed by atoms with van der Waals surface area (Å²) in [6.07, 6.45) is 0. The van der Waals surface area contributed by atoms with Crippen molar-refractivity contribution in [3.63, 3.8) is 0 Å². The summed E-state index contributed by atoms with van der Waals surface area (Å²) in [6.45, 7) is 2.49. The van der Waals surface area contributed by atoms with E-state index in [1.54, 1.807) is 6.92 Å². The quantitative estimate of drug-likeness (QED) is 0.618. The average molecular weight is 288 g/mol. The lowest BCUT2D eigenvalue weighted by molar-refractivity contribution is -0.384. The molecule has 0 aliphatic heterocycles. The van der Waals surface area contributed by atoms with Crippen molar-refractivity contribution in [2.75, 3.05) is 32.5 Å². The summed E-state index contributed by atoms with van der Waals surface area (Å²) in [7, 11) is 3.74. The van der Waals surface area contributed by atoms with Crippen LogP contribution in [-0.2, 0) is 0 Å². The number of nitrogens with one attached hydrogen (secondary N) is 1. The molecule has 0 saturated heterocycles. The van der Waals surface area contributed by atoms with Crippen LogP contribution in [0.4, 0.5) is 11.4 Å². The average Bonchev–Trinajstić information content (AvgIpc) is 2.25. The second-order valence-electron chi connectivity index (χ2n) is 5.01. The van der Waals surface area contributed by atoms with Gasteiger partial charge >= 0.3 is 0 Å². The van der Waals surface area contributed by atoms with Gasteiger partial charge in [-0.3, -0.25) is 10.1 Å². The van der Waals surface area contributed by atoms with Crippen LogP contribution < -0.4 is 5.32 Å². The fraction of sp³-hybridized carbons (Fsp3) is 0.500. The van der Waals surface area contributed by atoms with Gasteiger partial charge in [0.1, 0.15) is 0 Å². The number of likely N-dealkylation sites (N-methyl/N-ethyl adjacent to an activating group) is 1. The molecule has 0 amide bonds. The van der Waals surface area contributed by atoms with Gasteiger partial charge in [-0.2, -0.15) is 0 Å². The van der Waals surface area contributed by atoms with Crippen molar-refractivity contribution in [3.05, 3.63) is 33.3 Å². The van der Waals surface area contributed by atoms with Gasteiger partial charge < -0.3 is 15.3 Å². The number of anilines is 1. The fourth-order valence-electron chi connectivity index (χ4n) is 1.78. The standard InChI is InChI=1S/C12H18ClN3O3/c1-12(17,8-15(2)3)7-14-11-5-4-9(16(18)19)6-10(11)13/h4-6,14,17H,7-8H2,1-3H3. The molecule has 106 valence electrons. The molecule has 6 nitrogen and oxygen atoms in total. The SMILES string of the molecule is CN(C)CC(C)(O)CNc1ccc([N+](=O)[O-])cc1Cl. The summed E-state index contributed by atoms with van der Waals surface area (Å²) >= 11 is 5.95. The molecule has 19 heavy (non-hydrogen) atoms. The van der Waals surface area contributed by atoms with Gasteiger partial charge in [0.2, 0.25) is 0 Å². The number of nitro benzene ring substituents is 1. The minimum atomic E-state index is -0.922. The molecule has 0 aliphatic rings. The Morgan fingerprint density at radius 1 is 1.53 bits per heavy atom. The van der Waals surface area contributed by atoms with Crippen molar-refractivity contribution < 1.29 is 10.0 Å². The van der Waals surface area contributed by atoms with E-state index in [1.807, 2.05) is 19.0 Å². The van der Waals surface area contributed by atoms with Crippen LogP contribution in [0.15, 0.2) is 18.2 Å². The lowest BCUT2D eigenvalue weighted by atomic mass is 10.1. The number of hydrogen-bond acceptors (Lipinski definition) is 5. The zero-order valence-electron chi connectivity index (χ0n) is 11.2. The molecule has 0 radical (unpaired) electrons. The van der Waals surface area contributed by atoms with Gasteiger partial charge in [0.25, 0.3) is 5.69 Å². The van der Waals surface area contributed by atoms with Crippen LogP contribution >= 0.6 is 11.6 Å². The molecule has 7 heteroatoms. The van der Waals surface area contributed by atoms with E-state index in [9.17, 15) is 15.2 Å². The molecule has 2 N–H and O–H groups in total. The van der Waals surface area contributed by atoms with Crippen LogP contribution in [0.25, 0.3) is 0 Å². The highest BCUT2D eigenvalue weighted by molar-refractivity contribution is 6.33. The first-order valence-corrected chi connectivity index (χ1v) is 6.14. The van der Waals surface area contributed by atoms with Crippen LogP contribution in [0.1, 0.15) is 6.92 Å². The molecule has 0 saturated carbocycles. The van der Waals surface area contributed by atoms with E-state index >= 15 is 0 Å². The molecule has 0 bridgehead atoms. The van der Waals surface area contributed by atoms with Crippen LogP contribution in [-0.4, -0.2) is 47.7 Å². The predicted octanol–water partition coefficient (Wildman–Crippen LogP) is 1.97. The summed E-state index contributed by atoms with van der Waals surface area (Å²) in [5.41, 5.74) is -0.420. The fourth-order valence-corrected chi connectivity index (χ4v) is 2.03. The van der Waals surface area contributed by atoms with Crippen molar-refractivity contribution in [2.45, 2.75) is 12.5 Å². The summed E-state index contributed by atoms with van der Waals surface area (Å²) in [5, 5.41) is 24.0. The maximum atomic E-state index is 10.6. The van der Waals surface area contributed by atoms with Gasteiger partial charge in [0, 0.05) is 25.2 Å². The third kappa shape index (κ3) is 5.02. The predicted molar refractivity (Wildman–Crippen MR) is 75.8 cm³/mol. The number of benzene rings is 1. The number of halogens is 1. The van der Waals surface area contributed by atoms with E-state index in [0.717, 1.165) is 0 Å². The second-order valence-corrected chi connectivity index (χ2v) is 5.42. The highest BCUT2D eigenvalue weighted by atomic mass is 35.5. The Labute approximate surface area is 117 Å². The minimum absolute atomic E-state index is 0.0596. The first-order chi connectivity index (χ1) is 8.71. The van der Waals surface area contributed by atoms with E-state index < -0.39 is 10.5 Å². The molecule has 0 aliphatic carbocycles. The van der Waals surface area contributed by atoms with Gasteiger partial charge in [0.15, 0.2) is 0 Å². The molecule has 1 unspecified atom stereocenters. The number of rotatable bonds is 6. The van der Waals surface area contributed by atoms with Gasteiger partial charge in [-0.1, -0.05) is 11.6 Å². The summed E-state index contributed by atoms with van der Waals surface area (Å²) < 4.78 is 0. The van der Waals surface area contributed by atoms with Gasteiger partial charge in [0.05, 0.1) is 21.2 Å². The van der Waals surface area contributed by atoms with E-state index in [-0.39, 0.29) is 10.7 Å². The number of aliphatic hydroxyl groups is 1. The van der Waals surface area contributed by atoms with Gasteiger partial charge in [-0.25, -0.2) is 0 Å². The van der Waals surface area contributed by atoms with Crippen molar-refractivity contribution in [1.29, 1.82) is 0 Å². The zero-order chi connectivity index (χ0) is 14.6. The first-order valence-electron chi connectivity index (χ1n) is 5.76. The molecule has 0 heterocycles. The first kappa shape index (κ1) is 15.7. The van der Waals surface area contributed by atoms with Crippen molar-refractivity contribution in [1.82, 2.24) is 4.90 Å². The smallest absolute Gasteiger partial charge is 0.271 e.